The molecule has 68 valence electrons. The molecule has 0 N–H and O–H groups in total. The number of hydrogen-bond donors (Lipinski definition) is 0. The molecular weight excluding hydrogens is 162 g/mol. The van der Waals surface area contributed by atoms with Crippen molar-refractivity contribution in [2.24, 2.45) is 7.05 Å². The first-order chi connectivity index (χ1) is 6.07. The van der Waals surface area contributed by atoms with Crippen molar-refractivity contribution in [2.75, 3.05) is 0 Å². The van der Waals surface area contributed by atoms with Gasteiger partial charge in [-0.15, -0.1) is 6.42 Å². The van der Waals surface area contributed by atoms with E-state index in [-0.39, 0.29) is 11.5 Å². The van der Waals surface area contributed by atoms with Crippen LogP contribution in [0.3, 0.4) is 0 Å². The Bertz CT molecular complexity index is 407. The van der Waals surface area contributed by atoms with Gasteiger partial charge in [-0.25, -0.2) is 0 Å². The standard InChI is InChI=1S/C11H13NO/c1-5-9-6-7-10(8(2)3)11(13)12(9)4/h1,6-8H,2-4H3. The number of rotatable bonds is 1. The van der Waals surface area contributed by atoms with Crippen LogP contribution in [0.25, 0.3) is 0 Å². The van der Waals surface area contributed by atoms with E-state index >= 15 is 0 Å². The van der Waals surface area contributed by atoms with E-state index in [0.29, 0.717) is 5.69 Å². The predicted molar refractivity (Wildman–Crippen MR) is 53.7 cm³/mol. The number of aromatic nitrogens is 1. The van der Waals surface area contributed by atoms with Crippen molar-refractivity contribution in [3.63, 3.8) is 0 Å². The Kier molecular flexibility index (Phi) is 2.57. The second kappa shape index (κ2) is 3.49. The highest BCUT2D eigenvalue weighted by molar-refractivity contribution is 5.29. The molecule has 0 saturated heterocycles. The van der Waals surface area contributed by atoms with Crippen molar-refractivity contribution in [1.29, 1.82) is 0 Å². The molecule has 0 aliphatic rings. The van der Waals surface area contributed by atoms with Gasteiger partial charge in [0.25, 0.3) is 5.56 Å². The quantitative estimate of drug-likeness (QED) is 0.593. The lowest BCUT2D eigenvalue weighted by Crippen LogP contribution is -2.23. The summed E-state index contributed by atoms with van der Waals surface area (Å²) in [5, 5.41) is 0. The first kappa shape index (κ1) is 9.60. The van der Waals surface area contributed by atoms with Crippen molar-refractivity contribution in [3.8, 4) is 12.3 Å². The largest absolute Gasteiger partial charge is 0.304 e. The van der Waals surface area contributed by atoms with Crippen LogP contribution in [0.5, 0.6) is 0 Å². The summed E-state index contributed by atoms with van der Waals surface area (Å²) in [4.78, 5) is 11.7. The second-order valence-electron chi connectivity index (χ2n) is 3.34. The minimum atomic E-state index is 0.00505. The summed E-state index contributed by atoms with van der Waals surface area (Å²) in [6.07, 6.45) is 5.24. The fourth-order valence-corrected chi connectivity index (χ4v) is 1.24. The van der Waals surface area contributed by atoms with E-state index in [1.165, 1.54) is 4.57 Å². The Balaban J connectivity index is 3.43. The molecule has 2 nitrogen and oxygen atoms in total. The zero-order valence-corrected chi connectivity index (χ0v) is 8.16. The summed E-state index contributed by atoms with van der Waals surface area (Å²) >= 11 is 0. The molecule has 0 aromatic carbocycles. The molecule has 2 heteroatoms. The maximum Gasteiger partial charge on any atom is 0.254 e. The maximum atomic E-state index is 11.7. The second-order valence-corrected chi connectivity index (χ2v) is 3.34. The van der Waals surface area contributed by atoms with Crippen LogP contribution < -0.4 is 5.56 Å². The number of pyridine rings is 1. The van der Waals surface area contributed by atoms with Gasteiger partial charge in [0.15, 0.2) is 0 Å². The first-order valence-corrected chi connectivity index (χ1v) is 4.24. The molecule has 1 aromatic heterocycles. The Morgan fingerprint density at radius 2 is 2.08 bits per heavy atom. The third kappa shape index (κ3) is 1.65. The van der Waals surface area contributed by atoms with E-state index in [1.54, 1.807) is 13.1 Å². The molecule has 13 heavy (non-hydrogen) atoms. The fourth-order valence-electron chi connectivity index (χ4n) is 1.24. The minimum Gasteiger partial charge on any atom is -0.304 e. The molecule has 0 radical (unpaired) electrons. The zero-order valence-electron chi connectivity index (χ0n) is 8.16. The summed E-state index contributed by atoms with van der Waals surface area (Å²) in [6, 6.07) is 3.61. The van der Waals surface area contributed by atoms with E-state index in [2.05, 4.69) is 5.92 Å². The Morgan fingerprint density at radius 1 is 1.46 bits per heavy atom. The third-order valence-electron chi connectivity index (χ3n) is 2.10. The van der Waals surface area contributed by atoms with Crippen molar-refractivity contribution in [2.45, 2.75) is 19.8 Å². The van der Waals surface area contributed by atoms with E-state index in [1.807, 2.05) is 19.9 Å². The molecule has 1 aromatic rings. The van der Waals surface area contributed by atoms with E-state index in [0.717, 1.165) is 5.56 Å². The topological polar surface area (TPSA) is 22.0 Å². The van der Waals surface area contributed by atoms with Crippen LogP contribution >= 0.6 is 0 Å². The number of terminal acetylenes is 1. The van der Waals surface area contributed by atoms with Crippen LogP contribution in [0.15, 0.2) is 16.9 Å². The molecule has 0 aliphatic heterocycles. The average molecular weight is 175 g/mol. The van der Waals surface area contributed by atoms with Gasteiger partial charge < -0.3 is 4.57 Å². The molecule has 0 bridgehead atoms. The van der Waals surface area contributed by atoms with Gasteiger partial charge in [-0.05, 0) is 12.0 Å². The van der Waals surface area contributed by atoms with Gasteiger partial charge in [0.1, 0.15) is 0 Å². The van der Waals surface area contributed by atoms with Gasteiger partial charge >= 0.3 is 0 Å². The first-order valence-electron chi connectivity index (χ1n) is 4.24. The molecule has 0 amide bonds. The van der Waals surface area contributed by atoms with Crippen LogP contribution in [-0.4, -0.2) is 4.57 Å². The number of hydrogen-bond acceptors (Lipinski definition) is 1. The van der Waals surface area contributed by atoms with Crippen LogP contribution in [0.2, 0.25) is 0 Å². The van der Waals surface area contributed by atoms with Crippen LogP contribution in [-0.2, 0) is 7.05 Å². The molecule has 1 rings (SSSR count). The summed E-state index contributed by atoms with van der Waals surface area (Å²) in [7, 11) is 1.70. The summed E-state index contributed by atoms with van der Waals surface area (Å²) in [5.74, 6) is 2.71. The molecule has 0 aliphatic carbocycles. The lowest BCUT2D eigenvalue weighted by Gasteiger charge is -2.07. The summed E-state index contributed by atoms with van der Waals surface area (Å²) in [5.41, 5.74) is 1.43. The van der Waals surface area contributed by atoms with Crippen LogP contribution in [0.1, 0.15) is 31.0 Å². The lowest BCUT2D eigenvalue weighted by atomic mass is 10.1. The predicted octanol–water partition coefficient (Wildman–Crippen LogP) is 1.49. The monoisotopic (exact) mass is 175 g/mol. The smallest absolute Gasteiger partial charge is 0.254 e. The summed E-state index contributed by atoms with van der Waals surface area (Å²) < 4.78 is 1.51. The maximum absolute atomic E-state index is 11.7. The van der Waals surface area contributed by atoms with Gasteiger partial charge in [0, 0.05) is 12.6 Å². The fraction of sp³-hybridized carbons (Fsp3) is 0.364. The SMILES string of the molecule is C#Cc1ccc(C(C)C)c(=O)n1C. The molecule has 0 atom stereocenters. The highest BCUT2D eigenvalue weighted by Crippen LogP contribution is 2.09. The molecule has 1 heterocycles. The normalized spacial score (nSPS) is 10.1. The highest BCUT2D eigenvalue weighted by atomic mass is 16.1. The van der Waals surface area contributed by atoms with Gasteiger partial charge in [-0.1, -0.05) is 25.8 Å². The highest BCUT2D eigenvalue weighted by Gasteiger charge is 2.06. The van der Waals surface area contributed by atoms with Crippen LogP contribution in [0, 0.1) is 12.3 Å². The van der Waals surface area contributed by atoms with Crippen molar-refractivity contribution in [3.05, 3.63) is 33.7 Å². The van der Waals surface area contributed by atoms with Gasteiger partial charge in [0.2, 0.25) is 0 Å². The van der Waals surface area contributed by atoms with Gasteiger partial charge in [-0.2, -0.15) is 0 Å². The van der Waals surface area contributed by atoms with Gasteiger partial charge in [-0.3, -0.25) is 4.79 Å². The van der Waals surface area contributed by atoms with Crippen molar-refractivity contribution >= 4 is 0 Å². The molecule has 0 saturated carbocycles. The minimum absolute atomic E-state index is 0.00505. The number of nitrogens with zero attached hydrogens (tertiary/aromatic N) is 1. The Labute approximate surface area is 78.2 Å². The third-order valence-corrected chi connectivity index (χ3v) is 2.10. The molecular formula is C11H13NO. The van der Waals surface area contributed by atoms with Crippen molar-refractivity contribution < 1.29 is 0 Å². The van der Waals surface area contributed by atoms with Crippen molar-refractivity contribution in [1.82, 2.24) is 4.57 Å². The summed E-state index contributed by atoms with van der Waals surface area (Å²) in [6.45, 7) is 3.98. The molecule has 0 fully saturated rings. The van der Waals surface area contributed by atoms with E-state index in [9.17, 15) is 4.79 Å². The lowest BCUT2D eigenvalue weighted by molar-refractivity contribution is 0.773. The van der Waals surface area contributed by atoms with Gasteiger partial charge in [0.05, 0.1) is 5.69 Å². The average Bonchev–Trinajstić information content (AvgIpc) is 2.09. The molecule has 0 unspecified atom stereocenters. The Hall–Kier alpha value is -1.49. The molecule has 0 spiro atoms. The Morgan fingerprint density at radius 3 is 2.54 bits per heavy atom. The van der Waals surface area contributed by atoms with Crippen LogP contribution in [0.4, 0.5) is 0 Å². The van der Waals surface area contributed by atoms with E-state index in [4.69, 9.17) is 6.42 Å². The zero-order chi connectivity index (χ0) is 10.0. The van der Waals surface area contributed by atoms with E-state index < -0.39 is 0 Å².